The number of para-hydroxylation sites is 2. The van der Waals surface area contributed by atoms with Gasteiger partial charge in [0.05, 0.1) is 16.7 Å². The number of nitrogens with zero attached hydrogens (tertiary/aromatic N) is 2. The van der Waals surface area contributed by atoms with Gasteiger partial charge in [0, 0.05) is 17.0 Å². The van der Waals surface area contributed by atoms with Crippen molar-refractivity contribution in [3.05, 3.63) is 30.0 Å². The molecule has 3 nitrogen and oxygen atoms in total. The smallest absolute Gasteiger partial charge is 0.148 e. The van der Waals surface area contributed by atoms with Crippen LogP contribution in [0.15, 0.2) is 24.3 Å². The van der Waals surface area contributed by atoms with Crippen molar-refractivity contribution >= 4 is 28.6 Å². The average molecular weight is 275 g/mol. The molecule has 1 aromatic heterocycles. The largest absolute Gasteiger partial charge is 0.368 e. The van der Waals surface area contributed by atoms with Gasteiger partial charge in [-0.2, -0.15) is 11.8 Å². The molecule has 0 spiro atoms. The second-order valence-electron chi connectivity index (χ2n) is 5.53. The van der Waals surface area contributed by atoms with Crippen molar-refractivity contribution in [3.63, 3.8) is 0 Å². The van der Waals surface area contributed by atoms with Gasteiger partial charge in [-0.15, -0.1) is 0 Å². The summed E-state index contributed by atoms with van der Waals surface area (Å²) in [6, 6.07) is 7.97. The Balaban J connectivity index is 2.02. The van der Waals surface area contributed by atoms with Gasteiger partial charge in [-0.05, 0) is 19.1 Å². The third kappa shape index (κ3) is 4.10. The van der Waals surface area contributed by atoms with Crippen LogP contribution in [-0.2, 0) is 0 Å². The van der Waals surface area contributed by atoms with Gasteiger partial charge in [-0.3, -0.25) is 0 Å². The maximum Gasteiger partial charge on any atom is 0.148 e. The molecule has 2 rings (SSSR count). The number of aryl methyl sites for hydroxylation is 1. The summed E-state index contributed by atoms with van der Waals surface area (Å²) in [6.07, 6.45) is 0. The highest BCUT2D eigenvalue weighted by Gasteiger charge is 2.10. The summed E-state index contributed by atoms with van der Waals surface area (Å²) in [5.41, 5.74) is 2.85. The SMILES string of the molecule is Cc1nc2ccccc2nc1NCCSC(C)(C)C. The maximum absolute atomic E-state index is 4.63. The molecule has 1 N–H and O–H groups in total. The summed E-state index contributed by atoms with van der Waals surface area (Å²) >= 11 is 1.95. The molecule has 0 aliphatic rings. The molecule has 0 radical (unpaired) electrons. The molecule has 0 fully saturated rings. The topological polar surface area (TPSA) is 37.8 Å². The lowest BCUT2D eigenvalue weighted by molar-refractivity contribution is 0.802. The van der Waals surface area contributed by atoms with Gasteiger partial charge in [0.15, 0.2) is 0 Å². The standard InChI is InChI=1S/C15H21N3S/c1-11-14(16-9-10-19-15(2,3)4)18-13-8-6-5-7-12(13)17-11/h5-8H,9-10H2,1-4H3,(H,16,18). The number of nitrogens with one attached hydrogen (secondary N) is 1. The average Bonchev–Trinajstić information content (AvgIpc) is 2.33. The van der Waals surface area contributed by atoms with Gasteiger partial charge in [0.1, 0.15) is 5.82 Å². The zero-order valence-corrected chi connectivity index (χ0v) is 12.8. The fraction of sp³-hybridized carbons (Fsp3) is 0.467. The highest BCUT2D eigenvalue weighted by atomic mass is 32.2. The quantitative estimate of drug-likeness (QED) is 0.859. The van der Waals surface area contributed by atoms with Gasteiger partial charge >= 0.3 is 0 Å². The number of aromatic nitrogens is 2. The number of fused-ring (bicyclic) bond motifs is 1. The predicted molar refractivity (Wildman–Crippen MR) is 85.0 cm³/mol. The van der Waals surface area contributed by atoms with E-state index < -0.39 is 0 Å². The lowest BCUT2D eigenvalue weighted by atomic mass is 10.3. The van der Waals surface area contributed by atoms with Gasteiger partial charge in [0.25, 0.3) is 0 Å². The van der Waals surface area contributed by atoms with Crippen molar-refractivity contribution in [2.45, 2.75) is 32.4 Å². The zero-order chi connectivity index (χ0) is 13.9. The Kier molecular flexibility index (Phi) is 4.30. The fourth-order valence-corrected chi connectivity index (χ4v) is 2.60. The van der Waals surface area contributed by atoms with Crippen LogP contribution >= 0.6 is 11.8 Å². The summed E-state index contributed by atoms with van der Waals surface area (Å²) in [4.78, 5) is 9.20. The van der Waals surface area contributed by atoms with Crippen molar-refractivity contribution in [1.82, 2.24) is 9.97 Å². The summed E-state index contributed by atoms with van der Waals surface area (Å²) in [5, 5.41) is 3.38. The van der Waals surface area contributed by atoms with Crippen LogP contribution in [0.3, 0.4) is 0 Å². The Morgan fingerprint density at radius 1 is 1.11 bits per heavy atom. The maximum atomic E-state index is 4.63. The molecule has 0 aliphatic heterocycles. The van der Waals surface area contributed by atoms with Crippen molar-refractivity contribution in [3.8, 4) is 0 Å². The molecule has 1 aromatic carbocycles. The number of benzene rings is 1. The molecule has 19 heavy (non-hydrogen) atoms. The summed E-state index contributed by atoms with van der Waals surface area (Å²) in [6.45, 7) is 9.62. The molecular weight excluding hydrogens is 254 g/mol. The lowest BCUT2D eigenvalue weighted by Crippen LogP contribution is -2.14. The van der Waals surface area contributed by atoms with E-state index in [0.717, 1.165) is 34.8 Å². The first kappa shape index (κ1) is 14.1. The molecule has 0 aliphatic carbocycles. The fourth-order valence-electron chi connectivity index (χ4n) is 1.78. The highest BCUT2D eigenvalue weighted by Crippen LogP contribution is 2.23. The van der Waals surface area contributed by atoms with E-state index >= 15 is 0 Å². The summed E-state index contributed by atoms with van der Waals surface area (Å²) < 4.78 is 0.311. The Labute approximate surface area is 119 Å². The van der Waals surface area contributed by atoms with Gasteiger partial charge in [-0.25, -0.2) is 9.97 Å². The first-order valence-corrected chi connectivity index (χ1v) is 7.55. The van der Waals surface area contributed by atoms with Gasteiger partial charge in [-0.1, -0.05) is 32.9 Å². The van der Waals surface area contributed by atoms with Crippen LogP contribution in [0.25, 0.3) is 11.0 Å². The van der Waals surface area contributed by atoms with Gasteiger partial charge in [0.2, 0.25) is 0 Å². The van der Waals surface area contributed by atoms with Crippen LogP contribution in [0.4, 0.5) is 5.82 Å². The first-order chi connectivity index (χ1) is 8.96. The molecule has 0 atom stereocenters. The van der Waals surface area contributed by atoms with E-state index in [1.807, 2.05) is 43.0 Å². The van der Waals surface area contributed by atoms with Crippen LogP contribution in [-0.4, -0.2) is 27.0 Å². The number of hydrogen-bond donors (Lipinski definition) is 1. The second kappa shape index (κ2) is 5.78. The third-order valence-electron chi connectivity index (χ3n) is 2.67. The Hall–Kier alpha value is -1.29. The number of rotatable bonds is 4. The van der Waals surface area contributed by atoms with E-state index in [1.54, 1.807) is 0 Å². The molecular formula is C15H21N3S. The molecule has 4 heteroatoms. The van der Waals surface area contributed by atoms with E-state index in [9.17, 15) is 0 Å². The third-order valence-corrected chi connectivity index (χ3v) is 3.95. The lowest BCUT2D eigenvalue weighted by Gasteiger charge is -2.17. The molecule has 0 unspecified atom stereocenters. The highest BCUT2D eigenvalue weighted by molar-refractivity contribution is 8.00. The Morgan fingerprint density at radius 2 is 1.74 bits per heavy atom. The first-order valence-electron chi connectivity index (χ1n) is 6.57. The molecule has 1 heterocycles. The van der Waals surface area contributed by atoms with Crippen LogP contribution in [0.2, 0.25) is 0 Å². The van der Waals surface area contributed by atoms with E-state index in [0.29, 0.717) is 4.75 Å². The molecule has 2 aromatic rings. The minimum absolute atomic E-state index is 0.311. The van der Waals surface area contributed by atoms with Crippen LogP contribution in [0.1, 0.15) is 26.5 Å². The van der Waals surface area contributed by atoms with E-state index in [2.05, 4.69) is 36.1 Å². The van der Waals surface area contributed by atoms with Crippen molar-refractivity contribution in [2.24, 2.45) is 0 Å². The molecule has 0 saturated carbocycles. The molecule has 0 saturated heterocycles. The van der Waals surface area contributed by atoms with Crippen LogP contribution in [0, 0.1) is 6.92 Å². The number of anilines is 1. The van der Waals surface area contributed by atoms with Gasteiger partial charge < -0.3 is 5.32 Å². The van der Waals surface area contributed by atoms with E-state index in [4.69, 9.17) is 0 Å². The number of thioether (sulfide) groups is 1. The Bertz CT molecular complexity index is 561. The summed E-state index contributed by atoms with van der Waals surface area (Å²) in [5.74, 6) is 1.96. The van der Waals surface area contributed by atoms with E-state index in [-0.39, 0.29) is 0 Å². The minimum Gasteiger partial charge on any atom is -0.368 e. The molecule has 0 bridgehead atoms. The normalized spacial score (nSPS) is 11.8. The van der Waals surface area contributed by atoms with E-state index in [1.165, 1.54) is 0 Å². The Morgan fingerprint density at radius 3 is 2.37 bits per heavy atom. The molecule has 102 valence electrons. The van der Waals surface area contributed by atoms with Crippen molar-refractivity contribution in [1.29, 1.82) is 0 Å². The van der Waals surface area contributed by atoms with Crippen LogP contribution < -0.4 is 5.32 Å². The predicted octanol–water partition coefficient (Wildman–Crippen LogP) is 3.88. The molecule has 0 amide bonds. The second-order valence-corrected chi connectivity index (χ2v) is 7.46. The van der Waals surface area contributed by atoms with Crippen molar-refractivity contribution in [2.75, 3.05) is 17.6 Å². The summed E-state index contributed by atoms with van der Waals surface area (Å²) in [7, 11) is 0. The van der Waals surface area contributed by atoms with Crippen LogP contribution in [0.5, 0.6) is 0 Å². The monoisotopic (exact) mass is 275 g/mol. The number of hydrogen-bond acceptors (Lipinski definition) is 4. The zero-order valence-electron chi connectivity index (χ0n) is 12.0. The minimum atomic E-state index is 0.311. The van der Waals surface area contributed by atoms with Crippen molar-refractivity contribution < 1.29 is 0 Å².